The molecular formula is C15H16FN3O. The van der Waals surface area contributed by atoms with Gasteiger partial charge in [-0.2, -0.15) is 0 Å². The van der Waals surface area contributed by atoms with Crippen molar-refractivity contribution in [2.45, 2.75) is 20.4 Å². The molecule has 0 bridgehead atoms. The van der Waals surface area contributed by atoms with Crippen LogP contribution in [0.25, 0.3) is 0 Å². The first-order valence-corrected chi connectivity index (χ1v) is 6.23. The third-order valence-electron chi connectivity index (χ3n) is 3.00. The predicted molar refractivity (Wildman–Crippen MR) is 75.7 cm³/mol. The van der Waals surface area contributed by atoms with E-state index in [-0.39, 0.29) is 17.4 Å². The van der Waals surface area contributed by atoms with E-state index in [0.717, 1.165) is 5.56 Å². The Morgan fingerprint density at radius 1 is 1.35 bits per heavy atom. The molecule has 1 aromatic carbocycles. The van der Waals surface area contributed by atoms with E-state index in [1.807, 2.05) is 0 Å². The second-order valence-corrected chi connectivity index (χ2v) is 4.67. The van der Waals surface area contributed by atoms with Crippen molar-refractivity contribution in [3.63, 3.8) is 0 Å². The summed E-state index contributed by atoms with van der Waals surface area (Å²) in [4.78, 5) is 15.9. The van der Waals surface area contributed by atoms with Crippen LogP contribution in [0.1, 0.15) is 27.2 Å². The molecule has 3 N–H and O–H groups in total. The average Bonchev–Trinajstić information content (AvgIpc) is 2.42. The number of pyridine rings is 1. The Morgan fingerprint density at radius 3 is 2.60 bits per heavy atom. The lowest BCUT2D eigenvalue weighted by Crippen LogP contribution is -2.25. The standard InChI is InChI=1S/C15H16FN3O/c1-9-6-11(7-10(2)13(9)16)8-19-15(20)14-12(17)4-3-5-18-14/h3-7H,8,17H2,1-2H3,(H,19,20). The van der Waals surface area contributed by atoms with Gasteiger partial charge in [0.15, 0.2) is 5.69 Å². The van der Waals surface area contributed by atoms with Crippen molar-refractivity contribution in [1.82, 2.24) is 10.3 Å². The summed E-state index contributed by atoms with van der Waals surface area (Å²) in [5.41, 5.74) is 8.17. The van der Waals surface area contributed by atoms with Gasteiger partial charge in [-0.05, 0) is 42.7 Å². The smallest absolute Gasteiger partial charge is 0.272 e. The second-order valence-electron chi connectivity index (χ2n) is 4.67. The van der Waals surface area contributed by atoms with E-state index in [9.17, 15) is 9.18 Å². The van der Waals surface area contributed by atoms with Crippen molar-refractivity contribution in [2.75, 3.05) is 5.73 Å². The van der Waals surface area contributed by atoms with Crippen LogP contribution in [-0.4, -0.2) is 10.9 Å². The highest BCUT2D eigenvalue weighted by Gasteiger charge is 2.11. The molecular weight excluding hydrogens is 257 g/mol. The van der Waals surface area contributed by atoms with Crippen LogP contribution >= 0.6 is 0 Å². The molecule has 0 radical (unpaired) electrons. The maximum atomic E-state index is 13.5. The van der Waals surface area contributed by atoms with Gasteiger partial charge >= 0.3 is 0 Å². The fraction of sp³-hybridized carbons (Fsp3) is 0.200. The summed E-state index contributed by atoms with van der Waals surface area (Å²) in [6.45, 7) is 3.70. The van der Waals surface area contributed by atoms with Crippen LogP contribution in [0, 0.1) is 19.7 Å². The molecule has 1 heterocycles. The summed E-state index contributed by atoms with van der Waals surface area (Å²) in [6.07, 6.45) is 1.51. The van der Waals surface area contributed by atoms with E-state index in [4.69, 9.17) is 5.73 Å². The first-order chi connectivity index (χ1) is 9.49. The van der Waals surface area contributed by atoms with Gasteiger partial charge in [-0.25, -0.2) is 9.37 Å². The first kappa shape index (κ1) is 14.0. The van der Waals surface area contributed by atoms with Gasteiger partial charge in [0.2, 0.25) is 0 Å². The molecule has 0 atom stereocenters. The number of nitrogens with one attached hydrogen (secondary N) is 1. The van der Waals surface area contributed by atoms with Gasteiger partial charge in [0, 0.05) is 12.7 Å². The normalized spacial score (nSPS) is 10.3. The fourth-order valence-corrected chi connectivity index (χ4v) is 2.01. The molecule has 2 rings (SSSR count). The zero-order chi connectivity index (χ0) is 14.7. The van der Waals surface area contributed by atoms with Crippen molar-refractivity contribution in [2.24, 2.45) is 0 Å². The number of benzene rings is 1. The van der Waals surface area contributed by atoms with E-state index in [0.29, 0.717) is 23.4 Å². The number of carbonyl (C=O) groups excluding carboxylic acids is 1. The Labute approximate surface area is 116 Å². The highest BCUT2D eigenvalue weighted by Crippen LogP contribution is 2.15. The second kappa shape index (κ2) is 5.69. The van der Waals surface area contributed by atoms with Crippen LogP contribution in [0.2, 0.25) is 0 Å². The molecule has 0 unspecified atom stereocenters. The van der Waals surface area contributed by atoms with Crippen LogP contribution in [0.5, 0.6) is 0 Å². The quantitative estimate of drug-likeness (QED) is 0.902. The first-order valence-electron chi connectivity index (χ1n) is 6.23. The number of nitrogens with zero attached hydrogens (tertiary/aromatic N) is 1. The highest BCUT2D eigenvalue weighted by atomic mass is 19.1. The van der Waals surface area contributed by atoms with Crippen molar-refractivity contribution >= 4 is 11.6 Å². The van der Waals surface area contributed by atoms with Gasteiger partial charge in [-0.3, -0.25) is 4.79 Å². The number of nitrogen functional groups attached to an aromatic ring is 1. The van der Waals surface area contributed by atoms with E-state index in [1.54, 1.807) is 38.1 Å². The number of halogens is 1. The summed E-state index contributed by atoms with van der Waals surface area (Å²) in [5.74, 6) is -0.559. The van der Waals surface area contributed by atoms with Crippen molar-refractivity contribution in [1.29, 1.82) is 0 Å². The Hall–Kier alpha value is -2.43. The summed E-state index contributed by atoms with van der Waals surface area (Å²) >= 11 is 0. The SMILES string of the molecule is Cc1cc(CNC(=O)c2ncccc2N)cc(C)c1F. The molecule has 20 heavy (non-hydrogen) atoms. The zero-order valence-corrected chi connectivity index (χ0v) is 11.4. The molecule has 5 heteroatoms. The number of rotatable bonds is 3. The topological polar surface area (TPSA) is 68.0 Å². The van der Waals surface area contributed by atoms with Gasteiger partial charge in [0.05, 0.1) is 5.69 Å². The number of anilines is 1. The van der Waals surface area contributed by atoms with Gasteiger partial charge in [-0.15, -0.1) is 0 Å². The number of aromatic nitrogens is 1. The molecule has 0 saturated heterocycles. The number of amides is 1. The maximum absolute atomic E-state index is 13.5. The molecule has 1 amide bonds. The Morgan fingerprint density at radius 2 is 2.00 bits per heavy atom. The number of nitrogens with two attached hydrogens (primary N) is 1. The number of aryl methyl sites for hydroxylation is 2. The molecule has 1 aromatic heterocycles. The number of carbonyl (C=O) groups is 1. The molecule has 0 fully saturated rings. The van der Waals surface area contributed by atoms with Crippen LogP contribution < -0.4 is 11.1 Å². The number of hydrogen-bond acceptors (Lipinski definition) is 3. The zero-order valence-electron chi connectivity index (χ0n) is 11.4. The lowest BCUT2D eigenvalue weighted by atomic mass is 10.1. The predicted octanol–water partition coefficient (Wildman–Crippen LogP) is 2.35. The van der Waals surface area contributed by atoms with Gasteiger partial charge in [0.25, 0.3) is 5.91 Å². The largest absolute Gasteiger partial charge is 0.397 e. The van der Waals surface area contributed by atoms with Crippen LogP contribution in [-0.2, 0) is 6.54 Å². The summed E-state index contributed by atoms with van der Waals surface area (Å²) in [7, 11) is 0. The molecule has 0 saturated carbocycles. The fourth-order valence-electron chi connectivity index (χ4n) is 2.01. The molecule has 4 nitrogen and oxygen atoms in total. The molecule has 2 aromatic rings. The van der Waals surface area contributed by atoms with Crippen molar-refractivity contribution in [3.05, 3.63) is 58.7 Å². The Kier molecular flexibility index (Phi) is 3.98. The molecule has 104 valence electrons. The monoisotopic (exact) mass is 273 g/mol. The van der Waals surface area contributed by atoms with Gasteiger partial charge in [0.1, 0.15) is 5.82 Å². The molecule has 0 aliphatic rings. The summed E-state index contributed by atoms with van der Waals surface area (Å²) in [5, 5.41) is 2.73. The average molecular weight is 273 g/mol. The van der Waals surface area contributed by atoms with E-state index in [1.165, 1.54) is 6.20 Å². The minimum absolute atomic E-state index is 0.197. The third-order valence-corrected chi connectivity index (χ3v) is 3.00. The lowest BCUT2D eigenvalue weighted by molar-refractivity contribution is 0.0947. The van der Waals surface area contributed by atoms with Crippen molar-refractivity contribution < 1.29 is 9.18 Å². The third kappa shape index (κ3) is 2.93. The highest BCUT2D eigenvalue weighted by molar-refractivity contribution is 5.96. The lowest BCUT2D eigenvalue weighted by Gasteiger charge is -2.09. The van der Waals surface area contributed by atoms with E-state index >= 15 is 0 Å². The molecule has 0 aliphatic carbocycles. The van der Waals surface area contributed by atoms with E-state index in [2.05, 4.69) is 10.3 Å². The van der Waals surface area contributed by atoms with Crippen LogP contribution in [0.3, 0.4) is 0 Å². The van der Waals surface area contributed by atoms with Crippen molar-refractivity contribution in [3.8, 4) is 0 Å². The van der Waals surface area contributed by atoms with Crippen LogP contribution in [0.4, 0.5) is 10.1 Å². The summed E-state index contributed by atoms with van der Waals surface area (Å²) < 4.78 is 13.5. The maximum Gasteiger partial charge on any atom is 0.272 e. The van der Waals surface area contributed by atoms with Crippen LogP contribution in [0.15, 0.2) is 30.5 Å². The molecule has 0 spiro atoms. The minimum Gasteiger partial charge on any atom is -0.397 e. The van der Waals surface area contributed by atoms with Gasteiger partial charge in [-0.1, -0.05) is 12.1 Å². The Balaban J connectivity index is 2.10. The summed E-state index contributed by atoms with van der Waals surface area (Å²) in [6, 6.07) is 6.71. The van der Waals surface area contributed by atoms with E-state index < -0.39 is 0 Å². The minimum atomic E-state index is -0.345. The Bertz CT molecular complexity index is 632. The number of hydrogen-bond donors (Lipinski definition) is 2. The van der Waals surface area contributed by atoms with Gasteiger partial charge < -0.3 is 11.1 Å². The molecule has 0 aliphatic heterocycles.